The van der Waals surface area contributed by atoms with Gasteiger partial charge in [0.25, 0.3) is 0 Å². The summed E-state index contributed by atoms with van der Waals surface area (Å²) in [5.74, 6) is -0.570. The van der Waals surface area contributed by atoms with Crippen LogP contribution in [0.1, 0.15) is 26.7 Å². The molecule has 5 atom stereocenters. The van der Waals surface area contributed by atoms with Crippen molar-refractivity contribution in [1.29, 1.82) is 0 Å². The summed E-state index contributed by atoms with van der Waals surface area (Å²) in [7, 11) is 1.64. The predicted molar refractivity (Wildman–Crippen MR) is 86.0 cm³/mol. The van der Waals surface area contributed by atoms with Gasteiger partial charge in [-0.3, -0.25) is 9.59 Å². The van der Waals surface area contributed by atoms with Crippen molar-refractivity contribution in [2.24, 2.45) is 5.92 Å². The molecule has 0 aromatic carbocycles. The molecule has 9 heteroatoms. The van der Waals surface area contributed by atoms with Crippen LogP contribution in [0, 0.1) is 5.92 Å². The van der Waals surface area contributed by atoms with Gasteiger partial charge in [-0.25, -0.2) is 0 Å². The SMILES string of the molecule is CN[C@@H](CCC(=O)NC[C@H](O)[C@@H](O)[C@H](O)[C@H](O)CO)C(=O)C(C)C. The molecule has 1 amide bonds. The zero-order valence-corrected chi connectivity index (χ0v) is 14.3. The van der Waals surface area contributed by atoms with Crippen LogP contribution in [0.5, 0.6) is 0 Å². The van der Waals surface area contributed by atoms with E-state index in [-0.39, 0.29) is 24.7 Å². The zero-order chi connectivity index (χ0) is 18.9. The van der Waals surface area contributed by atoms with Crippen LogP contribution >= 0.6 is 0 Å². The molecule has 0 aliphatic rings. The minimum atomic E-state index is -1.74. The molecule has 9 nitrogen and oxygen atoms in total. The van der Waals surface area contributed by atoms with E-state index >= 15 is 0 Å². The average Bonchev–Trinajstić information content (AvgIpc) is 2.57. The quantitative estimate of drug-likeness (QED) is 0.198. The molecule has 0 aliphatic heterocycles. The van der Waals surface area contributed by atoms with E-state index in [1.165, 1.54) is 0 Å². The van der Waals surface area contributed by atoms with Crippen molar-refractivity contribution in [3.8, 4) is 0 Å². The van der Waals surface area contributed by atoms with E-state index in [1.807, 2.05) is 0 Å². The predicted octanol–water partition coefficient (Wildman–Crippen LogP) is -2.87. The van der Waals surface area contributed by atoms with Crippen molar-refractivity contribution >= 4 is 11.7 Å². The second kappa shape index (κ2) is 11.5. The molecule has 0 bridgehead atoms. The Hall–Kier alpha value is -1.10. The topological polar surface area (TPSA) is 159 Å². The van der Waals surface area contributed by atoms with Gasteiger partial charge in [-0.15, -0.1) is 0 Å². The molecule has 0 fully saturated rings. The zero-order valence-electron chi connectivity index (χ0n) is 14.3. The van der Waals surface area contributed by atoms with Gasteiger partial charge in [-0.05, 0) is 13.5 Å². The average molecular weight is 350 g/mol. The van der Waals surface area contributed by atoms with Gasteiger partial charge in [-0.2, -0.15) is 0 Å². The molecule has 0 radical (unpaired) electrons. The number of carbonyl (C=O) groups excluding carboxylic acids is 2. The summed E-state index contributed by atoms with van der Waals surface area (Å²) in [5.41, 5.74) is 0. The normalized spacial score (nSPS) is 17.9. The summed E-state index contributed by atoms with van der Waals surface area (Å²) in [5, 5.41) is 51.9. The summed E-state index contributed by atoms with van der Waals surface area (Å²) in [6.07, 6.45) is -6.22. The highest BCUT2D eigenvalue weighted by molar-refractivity contribution is 5.86. The number of carbonyl (C=O) groups is 2. The fourth-order valence-corrected chi connectivity index (χ4v) is 2.10. The van der Waals surface area contributed by atoms with Gasteiger partial charge < -0.3 is 36.2 Å². The molecule has 7 N–H and O–H groups in total. The molecule has 0 aliphatic carbocycles. The van der Waals surface area contributed by atoms with Crippen LogP contribution in [0.15, 0.2) is 0 Å². The van der Waals surface area contributed by atoms with Crippen LogP contribution in [-0.2, 0) is 9.59 Å². The van der Waals surface area contributed by atoms with Crippen LogP contribution < -0.4 is 10.6 Å². The lowest BCUT2D eigenvalue weighted by Gasteiger charge is -2.25. The fraction of sp³-hybridized carbons (Fsp3) is 0.867. The smallest absolute Gasteiger partial charge is 0.220 e. The third-order valence-corrected chi connectivity index (χ3v) is 3.75. The number of Topliss-reactive ketones (excluding diaryl/α,β-unsaturated/α-hetero) is 1. The van der Waals surface area contributed by atoms with Crippen molar-refractivity contribution in [1.82, 2.24) is 10.6 Å². The number of likely N-dealkylation sites (N-methyl/N-ethyl adjacent to an activating group) is 1. The molecule has 0 aromatic heterocycles. The van der Waals surface area contributed by atoms with Crippen LogP contribution in [-0.4, -0.2) is 87.9 Å². The third-order valence-electron chi connectivity index (χ3n) is 3.75. The summed E-state index contributed by atoms with van der Waals surface area (Å²) >= 11 is 0. The Balaban J connectivity index is 4.27. The maximum absolute atomic E-state index is 11.9. The summed E-state index contributed by atoms with van der Waals surface area (Å²) < 4.78 is 0. The van der Waals surface area contributed by atoms with Crippen LogP contribution in [0.25, 0.3) is 0 Å². The van der Waals surface area contributed by atoms with E-state index in [4.69, 9.17) is 5.11 Å². The first kappa shape index (κ1) is 22.9. The van der Waals surface area contributed by atoms with Gasteiger partial charge in [0.05, 0.1) is 18.8 Å². The maximum atomic E-state index is 11.9. The van der Waals surface area contributed by atoms with E-state index in [0.717, 1.165) is 0 Å². The lowest BCUT2D eigenvalue weighted by Crippen LogP contribution is -2.49. The van der Waals surface area contributed by atoms with Crippen molar-refractivity contribution in [3.63, 3.8) is 0 Å². The van der Waals surface area contributed by atoms with Crippen molar-refractivity contribution in [3.05, 3.63) is 0 Å². The molecular weight excluding hydrogens is 320 g/mol. The first-order valence-electron chi connectivity index (χ1n) is 7.96. The Morgan fingerprint density at radius 1 is 1.00 bits per heavy atom. The van der Waals surface area contributed by atoms with Gasteiger partial charge in [0.15, 0.2) is 5.78 Å². The number of nitrogens with one attached hydrogen (secondary N) is 2. The molecule has 0 spiro atoms. The van der Waals surface area contributed by atoms with Crippen LogP contribution in [0.3, 0.4) is 0 Å². The lowest BCUT2D eigenvalue weighted by molar-refractivity contribution is -0.127. The van der Waals surface area contributed by atoms with Gasteiger partial charge in [0.2, 0.25) is 5.91 Å². The largest absolute Gasteiger partial charge is 0.394 e. The Morgan fingerprint density at radius 3 is 2.00 bits per heavy atom. The van der Waals surface area contributed by atoms with Gasteiger partial charge in [-0.1, -0.05) is 13.8 Å². The standard InChI is InChI=1S/C15H30N2O7/c1-8(2)13(22)9(16-3)4-5-12(21)17-6-10(19)14(23)15(24)11(20)7-18/h8-11,14-16,18-20,23-24H,4-7H2,1-3H3,(H,17,21)/t9-,10-,11+,14+,15+/m0/s1. The maximum Gasteiger partial charge on any atom is 0.220 e. The minimum absolute atomic E-state index is 0.00173. The van der Waals surface area contributed by atoms with Crippen molar-refractivity contribution in [2.75, 3.05) is 20.2 Å². The Bertz CT molecular complexity index is 392. The number of amides is 1. The van der Waals surface area contributed by atoms with Crippen LogP contribution in [0.2, 0.25) is 0 Å². The third kappa shape index (κ3) is 7.65. The molecular formula is C15H30N2O7. The summed E-state index contributed by atoms with van der Waals surface area (Å²) in [4.78, 5) is 23.6. The molecule has 0 saturated carbocycles. The minimum Gasteiger partial charge on any atom is -0.394 e. The van der Waals surface area contributed by atoms with E-state index in [0.29, 0.717) is 6.42 Å². The molecule has 142 valence electrons. The number of ketones is 1. The fourth-order valence-electron chi connectivity index (χ4n) is 2.10. The van der Waals surface area contributed by atoms with Gasteiger partial charge in [0.1, 0.15) is 18.3 Å². The Kier molecular flexibility index (Phi) is 10.9. The number of hydrogen-bond acceptors (Lipinski definition) is 8. The Morgan fingerprint density at radius 2 is 1.54 bits per heavy atom. The number of rotatable bonds is 12. The molecule has 0 heterocycles. The summed E-state index contributed by atoms with van der Waals surface area (Å²) in [6, 6.07) is -0.437. The first-order chi connectivity index (χ1) is 11.1. The van der Waals surface area contributed by atoms with Crippen LogP contribution in [0.4, 0.5) is 0 Å². The lowest BCUT2D eigenvalue weighted by atomic mass is 9.98. The molecule has 0 unspecified atom stereocenters. The molecule has 0 aromatic rings. The molecule has 0 saturated heterocycles. The van der Waals surface area contributed by atoms with Gasteiger partial charge in [0, 0.05) is 18.9 Å². The molecule has 24 heavy (non-hydrogen) atoms. The van der Waals surface area contributed by atoms with Crippen molar-refractivity contribution < 1.29 is 35.1 Å². The number of aliphatic hydroxyl groups excluding tert-OH is 5. The number of hydrogen-bond donors (Lipinski definition) is 7. The summed E-state index contributed by atoms with van der Waals surface area (Å²) in [6.45, 7) is 2.44. The number of aliphatic hydroxyl groups is 5. The van der Waals surface area contributed by atoms with E-state index in [9.17, 15) is 30.0 Å². The first-order valence-corrected chi connectivity index (χ1v) is 7.96. The highest BCUT2D eigenvalue weighted by Crippen LogP contribution is 2.07. The highest BCUT2D eigenvalue weighted by atomic mass is 16.4. The second-order valence-corrected chi connectivity index (χ2v) is 6.04. The highest BCUT2D eigenvalue weighted by Gasteiger charge is 2.30. The second-order valence-electron chi connectivity index (χ2n) is 6.04. The van der Waals surface area contributed by atoms with Gasteiger partial charge >= 0.3 is 0 Å². The van der Waals surface area contributed by atoms with E-state index in [2.05, 4.69) is 10.6 Å². The van der Waals surface area contributed by atoms with Crippen molar-refractivity contribution in [2.45, 2.75) is 57.1 Å². The van der Waals surface area contributed by atoms with E-state index in [1.54, 1.807) is 20.9 Å². The Labute approximate surface area is 141 Å². The van der Waals surface area contributed by atoms with E-state index < -0.39 is 43.0 Å². The monoisotopic (exact) mass is 350 g/mol. The molecule has 0 rings (SSSR count).